The zero-order valence-electron chi connectivity index (χ0n) is 6.89. The van der Waals surface area contributed by atoms with E-state index in [0.29, 0.717) is 6.10 Å². The molecular formula is C7H16O2. The number of carbonyl (C=O) groups excluding carboxylic acids is 1. The lowest BCUT2D eigenvalue weighted by Crippen LogP contribution is -1.94. The Balaban J connectivity index is 0. The molecule has 0 rings (SSSR count). The predicted molar refractivity (Wildman–Crippen MR) is 38.5 cm³/mol. The normalized spacial score (nSPS) is 8.22. The van der Waals surface area contributed by atoms with Crippen LogP contribution >= 0.6 is 0 Å². The van der Waals surface area contributed by atoms with E-state index in [1.807, 2.05) is 13.8 Å². The third kappa shape index (κ3) is 91.0. The third-order valence-corrected chi connectivity index (χ3v) is 0.471. The van der Waals surface area contributed by atoms with Crippen molar-refractivity contribution in [2.24, 2.45) is 0 Å². The second-order valence-corrected chi connectivity index (χ2v) is 2.19. The molecule has 0 unspecified atom stereocenters. The lowest BCUT2D eigenvalue weighted by molar-refractivity contribution is -0.114. The van der Waals surface area contributed by atoms with Crippen molar-refractivity contribution in [2.45, 2.75) is 33.8 Å². The Bertz CT molecular complexity index is 63.3. The SMILES string of the molecule is CC(C)=O.COC(C)C. The summed E-state index contributed by atoms with van der Waals surface area (Å²) >= 11 is 0. The highest BCUT2D eigenvalue weighted by Crippen LogP contribution is 1.77. The number of hydrogen-bond acceptors (Lipinski definition) is 2. The molecule has 0 aliphatic rings. The monoisotopic (exact) mass is 132 g/mol. The van der Waals surface area contributed by atoms with Crippen molar-refractivity contribution < 1.29 is 9.53 Å². The zero-order valence-corrected chi connectivity index (χ0v) is 6.89. The fraction of sp³-hybridized carbons (Fsp3) is 0.857. The van der Waals surface area contributed by atoms with E-state index in [1.165, 1.54) is 13.8 Å². The number of ketones is 1. The highest BCUT2D eigenvalue weighted by Gasteiger charge is 1.78. The molecule has 0 saturated carbocycles. The molecule has 0 radical (unpaired) electrons. The number of ether oxygens (including phenoxy) is 1. The molecule has 0 fully saturated rings. The van der Waals surface area contributed by atoms with Crippen LogP contribution in [-0.4, -0.2) is 19.0 Å². The van der Waals surface area contributed by atoms with Crippen molar-refractivity contribution in [1.82, 2.24) is 0 Å². The molecule has 2 nitrogen and oxygen atoms in total. The van der Waals surface area contributed by atoms with Crippen molar-refractivity contribution in [3.8, 4) is 0 Å². The van der Waals surface area contributed by atoms with Gasteiger partial charge in [0.15, 0.2) is 0 Å². The van der Waals surface area contributed by atoms with Crippen molar-refractivity contribution in [3.63, 3.8) is 0 Å². The van der Waals surface area contributed by atoms with Gasteiger partial charge in [-0.15, -0.1) is 0 Å². The zero-order chi connectivity index (χ0) is 7.86. The molecular weight excluding hydrogens is 116 g/mol. The molecule has 0 N–H and O–H groups in total. The smallest absolute Gasteiger partial charge is 0.126 e. The topological polar surface area (TPSA) is 26.3 Å². The summed E-state index contributed by atoms with van der Waals surface area (Å²) in [4.78, 5) is 9.44. The molecule has 9 heavy (non-hydrogen) atoms. The average molecular weight is 132 g/mol. The van der Waals surface area contributed by atoms with Crippen LogP contribution in [0.15, 0.2) is 0 Å². The summed E-state index contributed by atoms with van der Waals surface area (Å²) in [6.07, 6.45) is 0.384. The van der Waals surface area contributed by atoms with Crippen molar-refractivity contribution in [2.75, 3.05) is 7.11 Å². The second-order valence-electron chi connectivity index (χ2n) is 2.19. The number of methoxy groups -OCH3 is 1. The maximum atomic E-state index is 9.44. The summed E-state index contributed by atoms with van der Waals surface area (Å²) in [6.45, 7) is 7.06. The summed E-state index contributed by atoms with van der Waals surface area (Å²) in [5.41, 5.74) is 0. The third-order valence-electron chi connectivity index (χ3n) is 0.471. The molecule has 2 heteroatoms. The van der Waals surface area contributed by atoms with Gasteiger partial charge in [0.1, 0.15) is 5.78 Å². The van der Waals surface area contributed by atoms with Crippen LogP contribution in [0.3, 0.4) is 0 Å². The van der Waals surface area contributed by atoms with Gasteiger partial charge in [-0.2, -0.15) is 0 Å². The number of rotatable bonds is 1. The summed E-state index contributed by atoms with van der Waals surface area (Å²) in [5.74, 6) is 0.167. The van der Waals surface area contributed by atoms with Gasteiger partial charge in [-0.3, -0.25) is 0 Å². The Morgan fingerprint density at radius 3 is 1.44 bits per heavy atom. The Morgan fingerprint density at radius 1 is 1.33 bits per heavy atom. The van der Waals surface area contributed by atoms with Gasteiger partial charge in [0.25, 0.3) is 0 Å². The highest BCUT2D eigenvalue weighted by atomic mass is 16.5. The predicted octanol–water partition coefficient (Wildman–Crippen LogP) is 1.64. The fourth-order valence-electron chi connectivity index (χ4n) is 0. The van der Waals surface area contributed by atoms with Gasteiger partial charge in [-0.1, -0.05) is 0 Å². The largest absolute Gasteiger partial charge is 0.382 e. The Kier molecular flexibility index (Phi) is 9.69. The van der Waals surface area contributed by atoms with Crippen LogP contribution in [0.25, 0.3) is 0 Å². The van der Waals surface area contributed by atoms with E-state index in [4.69, 9.17) is 4.74 Å². The van der Waals surface area contributed by atoms with E-state index >= 15 is 0 Å². The van der Waals surface area contributed by atoms with Gasteiger partial charge < -0.3 is 9.53 Å². The highest BCUT2D eigenvalue weighted by molar-refractivity contribution is 5.72. The Morgan fingerprint density at radius 2 is 1.44 bits per heavy atom. The number of hydrogen-bond donors (Lipinski definition) is 0. The minimum absolute atomic E-state index is 0.167. The lowest BCUT2D eigenvalue weighted by atomic mass is 10.5. The second kappa shape index (κ2) is 7.63. The van der Waals surface area contributed by atoms with Gasteiger partial charge in [0.2, 0.25) is 0 Å². The standard InChI is InChI=1S/C4H10O.C3H6O/c1-4(2)5-3;1-3(2)4/h4H,1-3H3;1-2H3. The van der Waals surface area contributed by atoms with Gasteiger partial charge in [-0.25, -0.2) is 0 Å². The first kappa shape index (κ1) is 11.4. The van der Waals surface area contributed by atoms with E-state index in [0.717, 1.165) is 0 Å². The van der Waals surface area contributed by atoms with Crippen LogP contribution in [-0.2, 0) is 9.53 Å². The Labute approximate surface area is 57.2 Å². The first-order chi connectivity index (χ1) is 4.00. The van der Waals surface area contributed by atoms with Crippen molar-refractivity contribution in [1.29, 1.82) is 0 Å². The summed E-state index contributed by atoms with van der Waals surface area (Å²) in [5, 5.41) is 0. The van der Waals surface area contributed by atoms with E-state index in [2.05, 4.69) is 0 Å². The van der Waals surface area contributed by atoms with Gasteiger partial charge in [0.05, 0.1) is 6.10 Å². The first-order valence-corrected chi connectivity index (χ1v) is 3.00. The molecule has 0 aromatic heterocycles. The van der Waals surface area contributed by atoms with Crippen LogP contribution in [0.5, 0.6) is 0 Å². The van der Waals surface area contributed by atoms with Gasteiger partial charge in [-0.05, 0) is 27.7 Å². The summed E-state index contributed by atoms with van der Waals surface area (Å²) < 4.78 is 4.75. The maximum Gasteiger partial charge on any atom is 0.126 e. The Hall–Kier alpha value is -0.370. The molecule has 0 saturated heterocycles. The molecule has 0 bridgehead atoms. The minimum Gasteiger partial charge on any atom is -0.382 e. The van der Waals surface area contributed by atoms with Crippen LogP contribution < -0.4 is 0 Å². The fourth-order valence-corrected chi connectivity index (χ4v) is 0. The van der Waals surface area contributed by atoms with E-state index in [-0.39, 0.29) is 5.78 Å². The number of carbonyl (C=O) groups is 1. The van der Waals surface area contributed by atoms with Gasteiger partial charge >= 0.3 is 0 Å². The summed E-state index contributed by atoms with van der Waals surface area (Å²) in [7, 11) is 1.70. The van der Waals surface area contributed by atoms with Crippen molar-refractivity contribution in [3.05, 3.63) is 0 Å². The molecule has 0 heterocycles. The van der Waals surface area contributed by atoms with Crippen LogP contribution in [0.1, 0.15) is 27.7 Å². The molecule has 0 aromatic carbocycles. The molecule has 56 valence electrons. The molecule has 0 aromatic rings. The minimum atomic E-state index is 0.167. The van der Waals surface area contributed by atoms with Crippen LogP contribution in [0.2, 0.25) is 0 Å². The molecule has 0 aliphatic heterocycles. The summed E-state index contributed by atoms with van der Waals surface area (Å²) in [6, 6.07) is 0. The van der Waals surface area contributed by atoms with Crippen LogP contribution in [0.4, 0.5) is 0 Å². The van der Waals surface area contributed by atoms with E-state index < -0.39 is 0 Å². The van der Waals surface area contributed by atoms with Gasteiger partial charge in [0, 0.05) is 7.11 Å². The molecule has 0 atom stereocenters. The van der Waals surface area contributed by atoms with Crippen molar-refractivity contribution >= 4 is 5.78 Å². The first-order valence-electron chi connectivity index (χ1n) is 3.00. The lowest BCUT2D eigenvalue weighted by Gasteiger charge is -1.94. The number of Topliss-reactive ketones (excluding diaryl/α,β-unsaturated/α-hetero) is 1. The molecule has 0 spiro atoms. The van der Waals surface area contributed by atoms with E-state index in [1.54, 1.807) is 7.11 Å². The molecule has 0 amide bonds. The molecule has 0 aliphatic carbocycles. The average Bonchev–Trinajstić information content (AvgIpc) is 1.65. The quantitative estimate of drug-likeness (QED) is 0.542. The van der Waals surface area contributed by atoms with E-state index in [9.17, 15) is 4.79 Å². The maximum absolute atomic E-state index is 9.44. The van der Waals surface area contributed by atoms with Crippen LogP contribution in [0, 0.1) is 0 Å².